The zero-order valence-corrected chi connectivity index (χ0v) is 16.7. The van der Waals surface area contributed by atoms with E-state index in [0.717, 1.165) is 49.8 Å². The van der Waals surface area contributed by atoms with Crippen molar-refractivity contribution >= 4 is 23.8 Å². The van der Waals surface area contributed by atoms with Gasteiger partial charge < -0.3 is 15.0 Å². The molecule has 3 aliphatic rings. The van der Waals surface area contributed by atoms with E-state index >= 15 is 0 Å². The molecule has 0 unspecified atom stereocenters. The third-order valence-corrected chi connectivity index (χ3v) is 6.35. The first kappa shape index (κ1) is 20.6. The van der Waals surface area contributed by atoms with E-state index in [1.165, 1.54) is 6.42 Å². The van der Waals surface area contributed by atoms with Crippen LogP contribution in [0.25, 0.3) is 0 Å². The van der Waals surface area contributed by atoms with E-state index in [0.29, 0.717) is 19.5 Å². The molecule has 0 aromatic carbocycles. The number of hydrogen-bond donors (Lipinski definition) is 1. The van der Waals surface area contributed by atoms with Gasteiger partial charge in [0.1, 0.15) is 12.1 Å². The molecule has 0 aromatic rings. The summed E-state index contributed by atoms with van der Waals surface area (Å²) >= 11 is 0. The largest absolute Gasteiger partial charge is 0.454 e. The van der Waals surface area contributed by atoms with Crippen molar-refractivity contribution in [2.45, 2.75) is 70.3 Å². The molecule has 3 rings (SSSR count). The zero-order valence-electron chi connectivity index (χ0n) is 16.7. The molecule has 2 heterocycles. The number of likely N-dealkylation sites (tertiary alicyclic amines) is 1. The second kappa shape index (κ2) is 8.92. The number of amides is 4. The SMILES string of the molecule is C[C@@H]1CCCC[C@@]12NC(=O)N(CC(=O)OCC(=O)N1CCCCCCC1)C2=O. The molecule has 28 heavy (non-hydrogen) atoms. The summed E-state index contributed by atoms with van der Waals surface area (Å²) in [5, 5.41) is 2.81. The lowest BCUT2D eigenvalue weighted by Crippen LogP contribution is -2.54. The number of esters is 1. The van der Waals surface area contributed by atoms with Crippen molar-refractivity contribution in [1.29, 1.82) is 0 Å². The van der Waals surface area contributed by atoms with Gasteiger partial charge in [-0.2, -0.15) is 0 Å². The van der Waals surface area contributed by atoms with Crippen molar-refractivity contribution in [3.05, 3.63) is 0 Å². The summed E-state index contributed by atoms with van der Waals surface area (Å²) in [6, 6.07) is -0.550. The van der Waals surface area contributed by atoms with Gasteiger partial charge in [0.25, 0.3) is 11.8 Å². The highest BCUT2D eigenvalue weighted by atomic mass is 16.5. The Morgan fingerprint density at radius 1 is 1.07 bits per heavy atom. The van der Waals surface area contributed by atoms with Gasteiger partial charge in [-0.05, 0) is 31.6 Å². The van der Waals surface area contributed by atoms with Crippen LogP contribution in [0.1, 0.15) is 64.7 Å². The van der Waals surface area contributed by atoms with Crippen molar-refractivity contribution in [3.63, 3.8) is 0 Å². The molecule has 0 bridgehead atoms. The van der Waals surface area contributed by atoms with Gasteiger partial charge in [-0.25, -0.2) is 4.79 Å². The van der Waals surface area contributed by atoms with Crippen molar-refractivity contribution in [1.82, 2.24) is 15.1 Å². The number of imide groups is 1. The number of ether oxygens (including phenoxy) is 1. The van der Waals surface area contributed by atoms with Gasteiger partial charge in [0.05, 0.1) is 0 Å². The molecular formula is C20H31N3O5. The number of carbonyl (C=O) groups excluding carboxylic acids is 4. The van der Waals surface area contributed by atoms with Crippen LogP contribution in [0.4, 0.5) is 4.79 Å². The minimum absolute atomic E-state index is 0.0346. The highest BCUT2D eigenvalue weighted by molar-refractivity contribution is 6.09. The van der Waals surface area contributed by atoms with Crippen LogP contribution < -0.4 is 5.32 Å². The molecule has 2 aliphatic heterocycles. The minimum Gasteiger partial charge on any atom is -0.454 e. The standard InChI is InChI=1S/C20H31N3O5/c1-15-9-5-6-10-20(15)18(26)23(19(27)21-20)13-17(25)28-14-16(24)22-11-7-3-2-4-8-12-22/h15H,2-14H2,1H3,(H,21,27)/t15-,20-/m1/s1. The molecule has 8 heteroatoms. The Bertz CT molecular complexity index is 629. The van der Waals surface area contributed by atoms with Gasteiger partial charge in [-0.1, -0.05) is 39.0 Å². The van der Waals surface area contributed by atoms with Crippen LogP contribution in [-0.2, 0) is 19.1 Å². The highest BCUT2D eigenvalue weighted by Crippen LogP contribution is 2.38. The summed E-state index contributed by atoms with van der Waals surface area (Å²) in [5.41, 5.74) is -0.893. The lowest BCUT2D eigenvalue weighted by molar-refractivity contribution is -0.154. The Kier molecular flexibility index (Phi) is 6.57. The number of nitrogens with zero attached hydrogens (tertiary/aromatic N) is 2. The lowest BCUT2D eigenvalue weighted by Gasteiger charge is -2.36. The van der Waals surface area contributed by atoms with E-state index in [-0.39, 0.29) is 24.3 Å². The van der Waals surface area contributed by atoms with Crippen molar-refractivity contribution < 1.29 is 23.9 Å². The summed E-state index contributed by atoms with van der Waals surface area (Å²) in [6.45, 7) is 2.53. The van der Waals surface area contributed by atoms with Gasteiger partial charge in [-0.3, -0.25) is 19.3 Å². The van der Waals surface area contributed by atoms with E-state index in [1.54, 1.807) is 4.90 Å². The Balaban J connectivity index is 1.51. The fourth-order valence-corrected chi connectivity index (χ4v) is 4.54. The second-order valence-corrected chi connectivity index (χ2v) is 8.25. The number of hydrogen-bond acceptors (Lipinski definition) is 5. The third-order valence-electron chi connectivity index (χ3n) is 6.35. The quantitative estimate of drug-likeness (QED) is 0.581. The third kappa shape index (κ3) is 4.31. The van der Waals surface area contributed by atoms with Crippen LogP contribution in [0.3, 0.4) is 0 Å². The fraction of sp³-hybridized carbons (Fsp3) is 0.800. The molecule has 1 saturated carbocycles. The number of urea groups is 1. The normalized spacial score (nSPS) is 28.7. The second-order valence-electron chi connectivity index (χ2n) is 8.25. The first-order valence-corrected chi connectivity index (χ1v) is 10.5. The summed E-state index contributed by atoms with van der Waals surface area (Å²) in [5.74, 6) is -1.27. The van der Waals surface area contributed by atoms with Crippen LogP contribution in [-0.4, -0.2) is 65.4 Å². The average molecular weight is 393 g/mol. The van der Waals surface area contributed by atoms with E-state index in [9.17, 15) is 19.2 Å². The Morgan fingerprint density at radius 3 is 2.43 bits per heavy atom. The van der Waals surface area contributed by atoms with E-state index in [4.69, 9.17) is 4.74 Å². The topological polar surface area (TPSA) is 96.0 Å². The summed E-state index contributed by atoms with van der Waals surface area (Å²) in [4.78, 5) is 52.3. The van der Waals surface area contributed by atoms with Gasteiger partial charge in [0.15, 0.2) is 6.61 Å². The van der Waals surface area contributed by atoms with Crippen molar-refractivity contribution in [2.24, 2.45) is 5.92 Å². The van der Waals surface area contributed by atoms with Crippen LogP contribution >= 0.6 is 0 Å². The van der Waals surface area contributed by atoms with Crippen LogP contribution in [0.15, 0.2) is 0 Å². The Hall–Kier alpha value is -2.12. The summed E-state index contributed by atoms with van der Waals surface area (Å²) < 4.78 is 5.09. The molecule has 0 radical (unpaired) electrons. The van der Waals surface area contributed by atoms with Crippen molar-refractivity contribution in [2.75, 3.05) is 26.2 Å². The van der Waals surface area contributed by atoms with Crippen LogP contribution in [0, 0.1) is 5.92 Å². The number of nitrogens with one attached hydrogen (secondary N) is 1. The molecule has 3 fully saturated rings. The molecule has 1 spiro atoms. The molecule has 2 atom stereocenters. The van der Waals surface area contributed by atoms with Crippen molar-refractivity contribution in [3.8, 4) is 0 Å². The maximum atomic E-state index is 12.9. The van der Waals surface area contributed by atoms with Gasteiger partial charge in [0.2, 0.25) is 0 Å². The lowest BCUT2D eigenvalue weighted by atomic mass is 9.73. The molecule has 1 aliphatic carbocycles. The maximum absolute atomic E-state index is 12.9. The fourth-order valence-electron chi connectivity index (χ4n) is 4.54. The summed E-state index contributed by atoms with van der Waals surface area (Å²) in [6.07, 6.45) is 8.71. The first-order valence-electron chi connectivity index (χ1n) is 10.5. The van der Waals surface area contributed by atoms with Gasteiger partial charge >= 0.3 is 12.0 Å². The van der Waals surface area contributed by atoms with Crippen LogP contribution in [0.2, 0.25) is 0 Å². The van der Waals surface area contributed by atoms with E-state index in [1.807, 2.05) is 6.92 Å². The molecule has 0 aromatic heterocycles. The number of rotatable bonds is 4. The predicted octanol–water partition coefficient (Wildman–Crippen LogP) is 1.82. The maximum Gasteiger partial charge on any atom is 0.326 e. The Morgan fingerprint density at radius 2 is 1.75 bits per heavy atom. The molecule has 2 saturated heterocycles. The molecule has 1 N–H and O–H groups in total. The average Bonchev–Trinajstić information content (AvgIpc) is 2.87. The van der Waals surface area contributed by atoms with E-state index in [2.05, 4.69) is 5.32 Å². The Labute approximate surface area is 165 Å². The van der Waals surface area contributed by atoms with E-state index < -0.39 is 24.1 Å². The summed E-state index contributed by atoms with van der Waals surface area (Å²) in [7, 11) is 0. The number of carbonyl (C=O) groups is 4. The molecule has 156 valence electrons. The van der Waals surface area contributed by atoms with Gasteiger partial charge in [0, 0.05) is 13.1 Å². The van der Waals surface area contributed by atoms with Gasteiger partial charge in [-0.15, -0.1) is 0 Å². The molecular weight excluding hydrogens is 362 g/mol. The highest BCUT2D eigenvalue weighted by Gasteiger charge is 2.55. The smallest absolute Gasteiger partial charge is 0.326 e. The molecule has 8 nitrogen and oxygen atoms in total. The monoisotopic (exact) mass is 393 g/mol. The molecule has 4 amide bonds. The zero-order chi connectivity index (χ0) is 20.1. The first-order chi connectivity index (χ1) is 13.4. The van der Waals surface area contributed by atoms with Crippen LogP contribution in [0.5, 0.6) is 0 Å². The predicted molar refractivity (Wildman–Crippen MR) is 101 cm³/mol. The minimum atomic E-state index is -0.893.